The lowest BCUT2D eigenvalue weighted by molar-refractivity contribution is -0.158. The van der Waals surface area contributed by atoms with Crippen LogP contribution in [0.3, 0.4) is 0 Å². The Balaban J connectivity index is 2.08. The van der Waals surface area contributed by atoms with Gasteiger partial charge in [-0.25, -0.2) is 14.4 Å². The minimum absolute atomic E-state index is 0.000978. The third-order valence-corrected chi connectivity index (χ3v) is 9.92. The summed E-state index contributed by atoms with van der Waals surface area (Å²) in [6.07, 6.45) is 0.726. The highest BCUT2D eigenvalue weighted by Gasteiger charge is 2.28. The lowest BCUT2D eigenvalue weighted by atomic mass is 10.2. The number of carbonyl (C=O) groups is 6. The van der Waals surface area contributed by atoms with Crippen LogP contribution in [0.4, 0.5) is 20.1 Å². The van der Waals surface area contributed by atoms with E-state index >= 15 is 0 Å². The van der Waals surface area contributed by atoms with Crippen molar-refractivity contribution in [3.63, 3.8) is 0 Å². The lowest BCUT2D eigenvalue weighted by Crippen LogP contribution is -2.50. The number of hydrogen-bond donors (Lipinski definition) is 3. The molecule has 1 heterocycles. The van der Waals surface area contributed by atoms with Crippen LogP contribution in [-0.2, 0) is 44.6 Å². The Hall–Kier alpha value is -4.72. The number of hydrogen-bond acceptors (Lipinski definition) is 15. The number of rotatable bonds is 18. The molecule has 4 amide bonds. The third kappa shape index (κ3) is 30.1. The highest BCUT2D eigenvalue weighted by molar-refractivity contribution is 5.92. The van der Waals surface area contributed by atoms with Crippen LogP contribution in [0.25, 0.3) is 0 Å². The average molecular weight is 991 g/mol. The first-order valence-corrected chi connectivity index (χ1v) is 24.9. The zero-order valence-corrected chi connectivity index (χ0v) is 45.5. The van der Waals surface area contributed by atoms with Crippen molar-refractivity contribution in [1.29, 1.82) is 0 Å². The molecule has 1 aliphatic heterocycles. The molecule has 0 radical (unpaired) electrons. The van der Waals surface area contributed by atoms with Gasteiger partial charge in [-0.05, 0) is 147 Å². The summed E-state index contributed by atoms with van der Waals surface area (Å²) < 4.78 is 28.0. The zero-order chi connectivity index (χ0) is 52.9. The quantitative estimate of drug-likeness (QED) is 0.0819. The van der Waals surface area contributed by atoms with Crippen LogP contribution in [0.2, 0.25) is 0 Å². The first kappa shape index (κ1) is 61.4. The normalized spacial score (nSPS) is 15.4. The fourth-order valence-electron chi connectivity index (χ4n) is 6.92. The molecular formula is C51H90N8O11. The SMILES string of the molecule is CC(C)(C)OC(=O)CN1CCN(CC(=O)Nc2ccc(CNCCCN(CCCCNC(=O)OC(C)(C)C)C(=O)OC(C)(C)C)cc2)CCN(C(=O)OC(C)(C)C)CCN(CC(=O)OC(C)(C)C)CC1. The molecule has 70 heavy (non-hydrogen) atoms. The molecule has 0 atom stereocenters. The molecule has 1 aromatic carbocycles. The summed E-state index contributed by atoms with van der Waals surface area (Å²) in [6, 6.07) is 7.58. The molecule has 3 N–H and O–H groups in total. The van der Waals surface area contributed by atoms with Gasteiger partial charge < -0.3 is 49.4 Å². The van der Waals surface area contributed by atoms with Crippen molar-refractivity contribution < 1.29 is 52.5 Å². The number of ether oxygens (including phenoxy) is 5. The highest BCUT2D eigenvalue weighted by Crippen LogP contribution is 2.16. The fourth-order valence-corrected chi connectivity index (χ4v) is 6.92. The summed E-state index contributed by atoms with van der Waals surface area (Å²) in [4.78, 5) is 87.4. The molecule has 1 aromatic rings. The van der Waals surface area contributed by atoms with Crippen molar-refractivity contribution in [2.75, 3.05) is 103 Å². The molecule has 400 valence electrons. The fraction of sp³-hybridized carbons (Fsp3) is 0.765. The maximum Gasteiger partial charge on any atom is 0.410 e. The van der Waals surface area contributed by atoms with Crippen LogP contribution in [0.5, 0.6) is 0 Å². The number of anilines is 1. The van der Waals surface area contributed by atoms with E-state index in [0.29, 0.717) is 96.9 Å². The molecule has 0 saturated carbocycles. The van der Waals surface area contributed by atoms with Gasteiger partial charge in [0.1, 0.15) is 28.0 Å². The van der Waals surface area contributed by atoms with Crippen molar-refractivity contribution in [3.8, 4) is 0 Å². The number of amides is 4. The standard InChI is InChI=1S/C51H90N8O11/c1-47(2,3)66-42(61)37-56-28-27-55(31-33-59(46(65)70-51(13,14)15)34-32-57(30-29-56)38-43(62)67-48(4,5)6)36-41(60)54-40-21-19-39(20-22-40)35-52-23-18-26-58(45(64)69-50(10,11)12)25-17-16-24-53-44(63)68-49(7,8)9/h19-22,52H,16-18,23-38H2,1-15H3,(H,53,63)(H,54,60). The van der Waals surface area contributed by atoms with E-state index in [0.717, 1.165) is 5.56 Å². The number of carbonyl (C=O) groups excluding carboxylic acids is 6. The van der Waals surface area contributed by atoms with Gasteiger partial charge in [-0.2, -0.15) is 0 Å². The van der Waals surface area contributed by atoms with Gasteiger partial charge in [-0.1, -0.05) is 12.1 Å². The molecule has 19 heteroatoms. The summed E-state index contributed by atoms with van der Waals surface area (Å²) in [5.74, 6) is -1.01. The van der Waals surface area contributed by atoms with E-state index in [2.05, 4.69) is 16.0 Å². The number of unbranched alkanes of at least 4 members (excludes halogenated alkanes) is 1. The molecule has 19 nitrogen and oxygen atoms in total. The minimum atomic E-state index is -0.734. The van der Waals surface area contributed by atoms with Crippen LogP contribution in [0.15, 0.2) is 24.3 Å². The Morgan fingerprint density at radius 3 is 1.43 bits per heavy atom. The summed E-state index contributed by atoms with van der Waals surface area (Å²) >= 11 is 0. The molecule has 1 fully saturated rings. The van der Waals surface area contributed by atoms with Gasteiger partial charge in [-0.3, -0.25) is 29.1 Å². The zero-order valence-electron chi connectivity index (χ0n) is 45.5. The average Bonchev–Trinajstić information content (AvgIpc) is 3.16. The van der Waals surface area contributed by atoms with Crippen molar-refractivity contribution in [2.45, 2.75) is 158 Å². The van der Waals surface area contributed by atoms with Gasteiger partial charge in [0.15, 0.2) is 0 Å². The van der Waals surface area contributed by atoms with Crippen LogP contribution in [0, 0.1) is 0 Å². The van der Waals surface area contributed by atoms with Crippen molar-refractivity contribution >= 4 is 41.8 Å². The van der Waals surface area contributed by atoms with Crippen molar-refractivity contribution in [1.82, 2.24) is 35.1 Å². The van der Waals surface area contributed by atoms with Crippen LogP contribution in [-0.4, -0.2) is 187 Å². The van der Waals surface area contributed by atoms with E-state index in [9.17, 15) is 28.8 Å². The minimum Gasteiger partial charge on any atom is -0.459 e. The summed E-state index contributed by atoms with van der Waals surface area (Å²) in [5, 5.41) is 9.21. The predicted octanol–water partition coefficient (Wildman–Crippen LogP) is 6.49. The van der Waals surface area contributed by atoms with Gasteiger partial charge in [0, 0.05) is 84.2 Å². The Morgan fingerprint density at radius 1 is 0.514 bits per heavy atom. The monoisotopic (exact) mass is 991 g/mol. The second kappa shape index (κ2) is 28.4. The molecule has 0 aliphatic carbocycles. The molecule has 1 aliphatic rings. The predicted molar refractivity (Wildman–Crippen MR) is 271 cm³/mol. The van der Waals surface area contributed by atoms with Crippen LogP contribution < -0.4 is 16.0 Å². The summed E-state index contributed by atoms with van der Waals surface area (Å²) in [7, 11) is 0. The topological polar surface area (TPSA) is 201 Å². The molecular weight excluding hydrogens is 901 g/mol. The van der Waals surface area contributed by atoms with Gasteiger partial charge in [0.2, 0.25) is 5.91 Å². The van der Waals surface area contributed by atoms with E-state index in [-0.39, 0.29) is 50.7 Å². The van der Waals surface area contributed by atoms with Gasteiger partial charge in [-0.15, -0.1) is 0 Å². The highest BCUT2D eigenvalue weighted by atomic mass is 16.6. The molecule has 0 unspecified atom stereocenters. The largest absolute Gasteiger partial charge is 0.459 e. The number of esters is 2. The Bertz CT molecular complexity index is 1790. The number of benzene rings is 1. The van der Waals surface area contributed by atoms with Crippen LogP contribution in [0.1, 0.15) is 129 Å². The maximum absolute atomic E-state index is 13.6. The number of nitrogens with one attached hydrogen (secondary N) is 3. The Morgan fingerprint density at radius 2 is 0.957 bits per heavy atom. The van der Waals surface area contributed by atoms with Gasteiger partial charge in [0.25, 0.3) is 0 Å². The molecule has 0 bridgehead atoms. The number of alkyl carbamates (subject to hydrolysis) is 1. The van der Waals surface area contributed by atoms with Crippen molar-refractivity contribution in [3.05, 3.63) is 29.8 Å². The van der Waals surface area contributed by atoms with Crippen LogP contribution >= 0.6 is 0 Å². The van der Waals surface area contributed by atoms with E-state index < -0.39 is 46.2 Å². The molecule has 1 saturated heterocycles. The van der Waals surface area contributed by atoms with Crippen molar-refractivity contribution in [2.24, 2.45) is 0 Å². The van der Waals surface area contributed by atoms with E-state index in [1.807, 2.05) is 122 Å². The third-order valence-electron chi connectivity index (χ3n) is 9.92. The van der Waals surface area contributed by atoms with E-state index in [1.54, 1.807) is 30.6 Å². The molecule has 0 aromatic heterocycles. The number of nitrogens with zero attached hydrogens (tertiary/aromatic N) is 5. The maximum atomic E-state index is 13.6. The van der Waals surface area contributed by atoms with Gasteiger partial charge in [0.05, 0.1) is 19.6 Å². The molecule has 2 rings (SSSR count). The van der Waals surface area contributed by atoms with E-state index in [4.69, 9.17) is 23.7 Å². The summed E-state index contributed by atoms with van der Waals surface area (Å²) in [5.41, 5.74) is -1.63. The lowest BCUT2D eigenvalue weighted by Gasteiger charge is -2.34. The smallest absolute Gasteiger partial charge is 0.410 e. The summed E-state index contributed by atoms with van der Waals surface area (Å²) in [6.45, 7) is 32.8. The Labute approximate surface area is 419 Å². The Kier molecular flexibility index (Phi) is 24.9. The first-order valence-electron chi connectivity index (χ1n) is 24.9. The van der Waals surface area contributed by atoms with Gasteiger partial charge >= 0.3 is 30.2 Å². The second-order valence-electron chi connectivity index (χ2n) is 22.8. The molecule has 0 spiro atoms. The second-order valence-corrected chi connectivity index (χ2v) is 22.8. The van der Waals surface area contributed by atoms with E-state index in [1.165, 1.54) is 0 Å². The first-order chi connectivity index (χ1) is 32.2.